The summed E-state index contributed by atoms with van der Waals surface area (Å²) in [4.78, 5) is 28.8. The lowest BCUT2D eigenvalue weighted by molar-refractivity contribution is -0.140. The first-order valence-corrected chi connectivity index (χ1v) is 15.7. The quantitative estimate of drug-likeness (QED) is 0.319. The number of sulfonamides is 1. The number of ether oxygens (including phenoxy) is 2. The molecule has 0 spiro atoms. The summed E-state index contributed by atoms with van der Waals surface area (Å²) in [6.45, 7) is 8.18. The molecule has 0 aromatic heterocycles. The van der Waals surface area contributed by atoms with Crippen LogP contribution in [0.3, 0.4) is 0 Å². The monoisotopic (exact) mass is 611 g/mol. The molecule has 11 heteroatoms. The van der Waals surface area contributed by atoms with Gasteiger partial charge in [0.25, 0.3) is 10.0 Å². The summed E-state index contributed by atoms with van der Waals surface area (Å²) in [6, 6.07) is 15.8. The normalized spacial score (nSPS) is 13.3. The Hall–Kier alpha value is -4.12. The number of halogens is 1. The van der Waals surface area contributed by atoms with Crippen molar-refractivity contribution in [3.05, 3.63) is 83.7 Å². The van der Waals surface area contributed by atoms with Crippen LogP contribution in [0.2, 0.25) is 0 Å². The van der Waals surface area contributed by atoms with Crippen LogP contribution in [0, 0.1) is 18.7 Å². The number of carbonyl (C=O) groups is 2. The topological polar surface area (TPSA) is 105 Å². The Balaban J connectivity index is 1.74. The molecular weight excluding hydrogens is 573 g/mol. The second-order valence-electron chi connectivity index (χ2n) is 10.8. The standard InChI is InChI=1S/C32H38FN3O6S/c1-5-28(32(38)34-19-22(2)3)35(20-24-9-7-6-8-23(24)4)31(37)21-36(26-12-10-25(33)11-13-26)43(39,40)27-14-15-29-30(18-27)42-17-16-41-29/h6-15,18,22,28H,5,16-17,19-21H2,1-4H3,(H,34,38)/t28-/m1/s1. The summed E-state index contributed by atoms with van der Waals surface area (Å²) in [7, 11) is -4.36. The van der Waals surface area contributed by atoms with Crippen LogP contribution in [0.15, 0.2) is 71.6 Å². The molecular formula is C32H38FN3O6S. The van der Waals surface area contributed by atoms with Gasteiger partial charge in [0.1, 0.15) is 31.6 Å². The third-order valence-corrected chi connectivity index (χ3v) is 8.94. The van der Waals surface area contributed by atoms with Crippen molar-refractivity contribution < 1.29 is 31.9 Å². The summed E-state index contributed by atoms with van der Waals surface area (Å²) in [5, 5.41) is 2.91. The van der Waals surface area contributed by atoms with Crippen molar-refractivity contribution in [2.75, 3.05) is 30.6 Å². The Bertz CT molecular complexity index is 1540. The lowest BCUT2D eigenvalue weighted by Crippen LogP contribution is -2.52. The zero-order valence-corrected chi connectivity index (χ0v) is 25.7. The van der Waals surface area contributed by atoms with E-state index in [0.29, 0.717) is 25.3 Å². The molecule has 0 radical (unpaired) electrons. The van der Waals surface area contributed by atoms with Crippen LogP contribution < -0.4 is 19.1 Å². The van der Waals surface area contributed by atoms with Crippen molar-refractivity contribution in [2.45, 2.75) is 51.6 Å². The molecule has 3 aromatic carbocycles. The number of amides is 2. The minimum atomic E-state index is -4.36. The lowest BCUT2D eigenvalue weighted by Gasteiger charge is -2.33. The Kier molecular flexibility index (Phi) is 10.3. The number of benzene rings is 3. The minimum absolute atomic E-state index is 0.0952. The SMILES string of the molecule is CC[C@H](C(=O)NCC(C)C)N(Cc1ccccc1C)C(=O)CN(c1ccc(F)cc1)S(=O)(=O)c1ccc2c(c1)OCCO2. The molecule has 0 saturated carbocycles. The predicted octanol–water partition coefficient (Wildman–Crippen LogP) is 4.68. The van der Waals surface area contributed by atoms with Crippen molar-refractivity contribution in [1.29, 1.82) is 0 Å². The summed E-state index contributed by atoms with van der Waals surface area (Å²) in [5.74, 6) is -0.571. The summed E-state index contributed by atoms with van der Waals surface area (Å²) >= 11 is 0. The van der Waals surface area contributed by atoms with Crippen LogP contribution in [-0.4, -0.2) is 57.5 Å². The number of hydrogen-bond donors (Lipinski definition) is 1. The molecule has 2 amide bonds. The van der Waals surface area contributed by atoms with Crippen molar-refractivity contribution in [2.24, 2.45) is 5.92 Å². The molecule has 0 aliphatic carbocycles. The second kappa shape index (κ2) is 13.9. The Morgan fingerprint density at radius 3 is 2.30 bits per heavy atom. The van der Waals surface area contributed by atoms with Crippen LogP contribution in [0.4, 0.5) is 10.1 Å². The maximum Gasteiger partial charge on any atom is 0.264 e. The molecule has 1 N–H and O–H groups in total. The molecule has 1 atom stereocenters. The van der Waals surface area contributed by atoms with Gasteiger partial charge in [-0.3, -0.25) is 13.9 Å². The maximum absolute atomic E-state index is 14.2. The van der Waals surface area contributed by atoms with Gasteiger partial charge < -0.3 is 19.7 Å². The fourth-order valence-electron chi connectivity index (χ4n) is 4.76. The maximum atomic E-state index is 14.2. The van der Waals surface area contributed by atoms with E-state index in [9.17, 15) is 22.4 Å². The third-order valence-electron chi connectivity index (χ3n) is 7.17. The van der Waals surface area contributed by atoms with Gasteiger partial charge >= 0.3 is 0 Å². The average molecular weight is 612 g/mol. The largest absolute Gasteiger partial charge is 0.486 e. The van der Waals surface area contributed by atoms with Crippen LogP contribution in [-0.2, 0) is 26.2 Å². The van der Waals surface area contributed by atoms with Crippen LogP contribution >= 0.6 is 0 Å². The molecule has 0 fully saturated rings. The molecule has 4 rings (SSSR count). The highest BCUT2D eigenvalue weighted by molar-refractivity contribution is 7.92. The first kappa shape index (κ1) is 31.8. The van der Waals surface area contributed by atoms with Crippen molar-refractivity contribution in [1.82, 2.24) is 10.2 Å². The number of fused-ring (bicyclic) bond motifs is 1. The Morgan fingerprint density at radius 1 is 0.977 bits per heavy atom. The predicted molar refractivity (Wildman–Crippen MR) is 162 cm³/mol. The molecule has 1 aliphatic heterocycles. The van der Waals surface area contributed by atoms with Gasteiger partial charge in [0.2, 0.25) is 11.8 Å². The first-order valence-electron chi connectivity index (χ1n) is 14.3. The second-order valence-corrected chi connectivity index (χ2v) is 12.7. The van der Waals surface area contributed by atoms with E-state index < -0.39 is 34.3 Å². The number of hydrogen-bond acceptors (Lipinski definition) is 6. The fraction of sp³-hybridized carbons (Fsp3) is 0.375. The third kappa shape index (κ3) is 7.64. The van der Waals surface area contributed by atoms with Crippen molar-refractivity contribution in [3.8, 4) is 11.5 Å². The molecule has 1 aliphatic rings. The van der Waals surface area contributed by atoms with Gasteiger partial charge in [0.05, 0.1) is 10.6 Å². The molecule has 1 heterocycles. The van der Waals surface area contributed by atoms with Crippen molar-refractivity contribution >= 4 is 27.5 Å². The molecule has 0 saturated heterocycles. The van der Waals surface area contributed by atoms with E-state index >= 15 is 0 Å². The van der Waals surface area contributed by atoms with Gasteiger partial charge in [-0.2, -0.15) is 0 Å². The van der Waals surface area contributed by atoms with E-state index in [1.165, 1.54) is 35.2 Å². The lowest BCUT2D eigenvalue weighted by atomic mass is 10.1. The number of nitrogens with one attached hydrogen (secondary N) is 1. The van der Waals surface area contributed by atoms with Crippen LogP contribution in [0.25, 0.3) is 0 Å². The number of rotatable bonds is 12. The molecule has 230 valence electrons. The molecule has 0 bridgehead atoms. The summed E-state index contributed by atoms with van der Waals surface area (Å²) in [6.07, 6.45) is 0.313. The van der Waals surface area contributed by atoms with E-state index in [1.807, 2.05) is 45.0 Å². The highest BCUT2D eigenvalue weighted by Gasteiger charge is 2.34. The van der Waals surface area contributed by atoms with Gasteiger partial charge in [-0.1, -0.05) is 45.0 Å². The van der Waals surface area contributed by atoms with Gasteiger partial charge in [-0.15, -0.1) is 0 Å². The van der Waals surface area contributed by atoms with Gasteiger partial charge in [0, 0.05) is 19.2 Å². The smallest absolute Gasteiger partial charge is 0.264 e. The zero-order chi connectivity index (χ0) is 31.1. The molecule has 9 nitrogen and oxygen atoms in total. The highest BCUT2D eigenvalue weighted by Crippen LogP contribution is 2.34. The van der Waals surface area contributed by atoms with Gasteiger partial charge in [-0.05, 0) is 66.8 Å². The number of aryl methyl sites for hydroxylation is 1. The zero-order valence-electron chi connectivity index (χ0n) is 24.9. The molecule has 43 heavy (non-hydrogen) atoms. The van der Waals surface area contributed by atoms with Gasteiger partial charge in [0.15, 0.2) is 11.5 Å². The van der Waals surface area contributed by atoms with E-state index in [-0.39, 0.29) is 41.3 Å². The summed E-state index contributed by atoms with van der Waals surface area (Å²) in [5.41, 5.74) is 1.85. The van der Waals surface area contributed by atoms with E-state index in [2.05, 4.69) is 5.32 Å². The Morgan fingerprint density at radius 2 is 1.65 bits per heavy atom. The average Bonchev–Trinajstić information content (AvgIpc) is 2.99. The van der Waals surface area contributed by atoms with E-state index in [4.69, 9.17) is 9.47 Å². The molecule has 3 aromatic rings. The summed E-state index contributed by atoms with van der Waals surface area (Å²) < 4.78 is 54.2. The Labute approximate surface area is 252 Å². The van der Waals surface area contributed by atoms with E-state index in [0.717, 1.165) is 27.6 Å². The van der Waals surface area contributed by atoms with Gasteiger partial charge in [-0.25, -0.2) is 12.8 Å². The number of anilines is 1. The number of carbonyl (C=O) groups excluding carboxylic acids is 2. The first-order chi connectivity index (χ1) is 20.5. The number of nitrogens with zero attached hydrogens (tertiary/aromatic N) is 2. The molecule has 0 unspecified atom stereocenters. The van der Waals surface area contributed by atoms with Crippen molar-refractivity contribution in [3.63, 3.8) is 0 Å². The van der Waals surface area contributed by atoms with Crippen LogP contribution in [0.5, 0.6) is 11.5 Å². The minimum Gasteiger partial charge on any atom is -0.486 e. The highest BCUT2D eigenvalue weighted by atomic mass is 32.2. The van der Waals surface area contributed by atoms with Crippen LogP contribution in [0.1, 0.15) is 38.3 Å². The fourth-order valence-corrected chi connectivity index (χ4v) is 6.19. The van der Waals surface area contributed by atoms with E-state index in [1.54, 1.807) is 6.92 Å².